The van der Waals surface area contributed by atoms with Crippen LogP contribution in [0, 0.1) is 13.8 Å². The average molecular weight is 214 g/mol. The number of nitrogens with zero attached hydrogens (tertiary/aromatic N) is 1. The number of hydrogen-bond acceptors (Lipinski definition) is 2. The van der Waals surface area contributed by atoms with E-state index in [2.05, 4.69) is 4.98 Å². The molecule has 3 heteroatoms. The van der Waals surface area contributed by atoms with Crippen molar-refractivity contribution in [2.75, 3.05) is 0 Å². The maximum Gasteiger partial charge on any atom is 0.221 e. The number of nitrogens with two attached hydrogens (primary N) is 1. The summed E-state index contributed by atoms with van der Waals surface area (Å²) in [6, 6.07) is 5.94. The molecule has 82 valence electrons. The van der Waals surface area contributed by atoms with E-state index in [1.165, 1.54) is 5.56 Å². The molecule has 0 aliphatic heterocycles. The predicted octanol–water partition coefficient (Wildman–Crippen LogP) is 1.88. The summed E-state index contributed by atoms with van der Waals surface area (Å²) in [6.45, 7) is 4.04. The Labute approximate surface area is 94.3 Å². The van der Waals surface area contributed by atoms with E-state index in [1.807, 2.05) is 32.0 Å². The van der Waals surface area contributed by atoms with E-state index in [0.717, 1.165) is 22.0 Å². The van der Waals surface area contributed by atoms with Crippen LogP contribution in [0.3, 0.4) is 0 Å². The van der Waals surface area contributed by atoms with Crippen molar-refractivity contribution in [3.8, 4) is 0 Å². The van der Waals surface area contributed by atoms with Crippen LogP contribution >= 0.6 is 0 Å². The fraction of sp³-hybridized carbons (Fsp3) is 0.231. The van der Waals surface area contributed by atoms with Gasteiger partial charge in [-0.3, -0.25) is 9.78 Å². The van der Waals surface area contributed by atoms with Crippen LogP contribution < -0.4 is 5.73 Å². The van der Waals surface area contributed by atoms with Gasteiger partial charge in [0.05, 0.1) is 11.9 Å². The van der Waals surface area contributed by atoms with Crippen molar-refractivity contribution in [1.82, 2.24) is 4.98 Å². The van der Waals surface area contributed by atoms with Crippen LogP contribution in [0.4, 0.5) is 0 Å². The zero-order valence-corrected chi connectivity index (χ0v) is 9.45. The van der Waals surface area contributed by atoms with Crippen LogP contribution in [0.5, 0.6) is 0 Å². The third-order valence-electron chi connectivity index (χ3n) is 2.69. The third-order valence-corrected chi connectivity index (χ3v) is 2.69. The lowest BCUT2D eigenvalue weighted by molar-refractivity contribution is -0.117. The first-order chi connectivity index (χ1) is 7.58. The Morgan fingerprint density at radius 3 is 2.75 bits per heavy atom. The number of aromatic nitrogens is 1. The van der Waals surface area contributed by atoms with Crippen LogP contribution in [0.25, 0.3) is 10.9 Å². The van der Waals surface area contributed by atoms with Gasteiger partial charge in [-0.25, -0.2) is 0 Å². The average Bonchev–Trinajstić information content (AvgIpc) is 2.19. The molecule has 16 heavy (non-hydrogen) atoms. The molecule has 0 spiro atoms. The maximum absolute atomic E-state index is 10.9. The number of hydrogen-bond donors (Lipinski definition) is 1. The monoisotopic (exact) mass is 214 g/mol. The highest BCUT2D eigenvalue weighted by Crippen LogP contribution is 2.21. The molecule has 2 N–H and O–H groups in total. The van der Waals surface area contributed by atoms with Crippen LogP contribution in [0.2, 0.25) is 0 Å². The SMILES string of the molecule is Cc1ccnc2c(C)cc(CC(N)=O)cc12. The maximum atomic E-state index is 10.9. The minimum Gasteiger partial charge on any atom is -0.369 e. The molecule has 0 radical (unpaired) electrons. The summed E-state index contributed by atoms with van der Waals surface area (Å²) in [5, 5.41) is 1.10. The van der Waals surface area contributed by atoms with Crippen LogP contribution in [-0.2, 0) is 11.2 Å². The lowest BCUT2D eigenvalue weighted by atomic mass is 10.0. The Morgan fingerprint density at radius 1 is 1.31 bits per heavy atom. The fourth-order valence-electron chi connectivity index (χ4n) is 1.94. The summed E-state index contributed by atoms with van der Waals surface area (Å²) >= 11 is 0. The summed E-state index contributed by atoms with van der Waals surface area (Å²) in [6.07, 6.45) is 2.09. The Kier molecular flexibility index (Phi) is 2.60. The molecule has 0 aliphatic carbocycles. The first-order valence-corrected chi connectivity index (χ1v) is 5.21. The molecule has 1 aromatic carbocycles. The quantitative estimate of drug-likeness (QED) is 0.829. The van der Waals surface area contributed by atoms with E-state index in [4.69, 9.17) is 5.73 Å². The lowest BCUT2D eigenvalue weighted by Gasteiger charge is -2.07. The second kappa shape index (κ2) is 3.93. The van der Waals surface area contributed by atoms with Crippen molar-refractivity contribution in [2.45, 2.75) is 20.3 Å². The van der Waals surface area contributed by atoms with Crippen LogP contribution in [0.1, 0.15) is 16.7 Å². The standard InChI is InChI=1S/C13H14N2O/c1-8-3-4-15-13-9(2)5-10(6-11(8)13)7-12(14)16/h3-6H,7H2,1-2H3,(H2,14,16). The summed E-state index contributed by atoms with van der Waals surface area (Å²) in [5.41, 5.74) is 9.40. The predicted molar refractivity (Wildman–Crippen MR) is 64.1 cm³/mol. The molecule has 1 heterocycles. The number of amides is 1. The third kappa shape index (κ3) is 1.89. The molecule has 0 bridgehead atoms. The first kappa shape index (κ1) is 10.6. The van der Waals surface area contributed by atoms with Gasteiger partial charge in [-0.1, -0.05) is 6.07 Å². The van der Waals surface area contributed by atoms with Gasteiger partial charge in [-0.15, -0.1) is 0 Å². The Balaban J connectivity index is 2.65. The smallest absolute Gasteiger partial charge is 0.221 e. The molecule has 0 saturated carbocycles. The van der Waals surface area contributed by atoms with E-state index in [-0.39, 0.29) is 12.3 Å². The number of rotatable bonds is 2. The number of pyridine rings is 1. The molecule has 2 rings (SSSR count). The molecule has 1 amide bonds. The minimum absolute atomic E-state index is 0.283. The highest BCUT2D eigenvalue weighted by Gasteiger charge is 2.06. The molecule has 1 aromatic heterocycles. The lowest BCUT2D eigenvalue weighted by Crippen LogP contribution is -2.13. The number of fused-ring (bicyclic) bond motifs is 1. The van der Waals surface area contributed by atoms with Gasteiger partial charge < -0.3 is 5.73 Å². The van der Waals surface area contributed by atoms with E-state index in [0.29, 0.717) is 0 Å². The number of carbonyl (C=O) groups is 1. The normalized spacial score (nSPS) is 10.6. The molecule has 0 atom stereocenters. The van der Waals surface area contributed by atoms with E-state index >= 15 is 0 Å². The van der Waals surface area contributed by atoms with Gasteiger partial charge >= 0.3 is 0 Å². The van der Waals surface area contributed by atoms with Crippen molar-refractivity contribution in [2.24, 2.45) is 5.73 Å². The van der Waals surface area contributed by atoms with Gasteiger partial charge in [0.15, 0.2) is 0 Å². The number of benzene rings is 1. The number of aryl methyl sites for hydroxylation is 2. The highest BCUT2D eigenvalue weighted by atomic mass is 16.1. The zero-order chi connectivity index (χ0) is 11.7. The Morgan fingerprint density at radius 2 is 2.06 bits per heavy atom. The van der Waals surface area contributed by atoms with Crippen molar-refractivity contribution in [3.63, 3.8) is 0 Å². The van der Waals surface area contributed by atoms with Gasteiger partial charge in [0.1, 0.15) is 0 Å². The van der Waals surface area contributed by atoms with E-state index < -0.39 is 0 Å². The summed E-state index contributed by atoms with van der Waals surface area (Å²) in [5.74, 6) is -0.305. The fourth-order valence-corrected chi connectivity index (χ4v) is 1.94. The molecule has 2 aromatic rings. The van der Waals surface area contributed by atoms with Gasteiger partial charge in [0.25, 0.3) is 0 Å². The van der Waals surface area contributed by atoms with Gasteiger partial charge in [-0.2, -0.15) is 0 Å². The number of primary amides is 1. The molecule has 0 saturated heterocycles. The topological polar surface area (TPSA) is 56.0 Å². The largest absolute Gasteiger partial charge is 0.369 e. The van der Waals surface area contributed by atoms with Gasteiger partial charge in [0.2, 0.25) is 5.91 Å². The van der Waals surface area contributed by atoms with Crippen molar-refractivity contribution in [1.29, 1.82) is 0 Å². The first-order valence-electron chi connectivity index (χ1n) is 5.21. The Bertz CT molecular complexity index is 561. The molecule has 3 nitrogen and oxygen atoms in total. The second-order valence-electron chi connectivity index (χ2n) is 4.08. The summed E-state index contributed by atoms with van der Waals surface area (Å²) in [7, 11) is 0. The summed E-state index contributed by atoms with van der Waals surface area (Å²) in [4.78, 5) is 15.3. The molecular formula is C13H14N2O. The van der Waals surface area contributed by atoms with Crippen molar-refractivity contribution >= 4 is 16.8 Å². The van der Waals surface area contributed by atoms with Crippen molar-refractivity contribution in [3.05, 3.63) is 41.1 Å². The summed E-state index contributed by atoms with van der Waals surface area (Å²) < 4.78 is 0. The molecule has 0 unspecified atom stereocenters. The van der Waals surface area contributed by atoms with Crippen LogP contribution in [0.15, 0.2) is 24.4 Å². The van der Waals surface area contributed by atoms with Crippen LogP contribution in [-0.4, -0.2) is 10.9 Å². The molecule has 0 fully saturated rings. The Hall–Kier alpha value is -1.90. The minimum atomic E-state index is -0.305. The van der Waals surface area contributed by atoms with Gasteiger partial charge in [0, 0.05) is 11.6 Å². The van der Waals surface area contributed by atoms with E-state index in [9.17, 15) is 4.79 Å². The van der Waals surface area contributed by atoms with E-state index in [1.54, 1.807) is 6.20 Å². The molecule has 0 aliphatic rings. The highest BCUT2D eigenvalue weighted by molar-refractivity contribution is 5.87. The zero-order valence-electron chi connectivity index (χ0n) is 9.45. The van der Waals surface area contributed by atoms with Gasteiger partial charge in [-0.05, 0) is 42.7 Å². The van der Waals surface area contributed by atoms with Crippen molar-refractivity contribution < 1.29 is 4.79 Å². The second-order valence-corrected chi connectivity index (χ2v) is 4.08. The number of carbonyl (C=O) groups excluding carboxylic acids is 1. The molecular weight excluding hydrogens is 200 g/mol.